The van der Waals surface area contributed by atoms with Gasteiger partial charge >= 0.3 is 0 Å². The highest BCUT2D eigenvalue weighted by Gasteiger charge is 2.28. The molecule has 1 aliphatic rings. The standard InChI is InChI=1S/C21H23N5O2S/c1-12(2)17(23-20(27)16-7-4-10-29-16)21(28)22-15-6-3-5-14(11-15)19-24-18(25-26-19)13-8-9-13/h3-7,10-13,17H,8-9H2,1-2H3,(H,22,28)(H,23,27)(H,24,25,26). The van der Waals surface area contributed by atoms with E-state index in [4.69, 9.17) is 0 Å². The van der Waals surface area contributed by atoms with Crippen molar-refractivity contribution < 1.29 is 9.59 Å². The number of benzene rings is 1. The number of amides is 2. The Hall–Kier alpha value is -3.00. The van der Waals surface area contributed by atoms with Crippen LogP contribution in [0.3, 0.4) is 0 Å². The molecule has 1 aliphatic carbocycles. The van der Waals surface area contributed by atoms with Crippen LogP contribution in [0.1, 0.15) is 48.1 Å². The van der Waals surface area contributed by atoms with E-state index in [0.717, 1.165) is 24.2 Å². The van der Waals surface area contributed by atoms with Crippen LogP contribution in [0.15, 0.2) is 41.8 Å². The minimum Gasteiger partial charge on any atom is -0.339 e. The number of carbonyl (C=O) groups excluding carboxylic acids is 2. The van der Waals surface area contributed by atoms with Gasteiger partial charge in [0.2, 0.25) is 5.91 Å². The van der Waals surface area contributed by atoms with E-state index in [1.54, 1.807) is 6.07 Å². The molecule has 8 heteroatoms. The van der Waals surface area contributed by atoms with Gasteiger partial charge in [-0.1, -0.05) is 32.0 Å². The van der Waals surface area contributed by atoms with Gasteiger partial charge in [0, 0.05) is 17.2 Å². The van der Waals surface area contributed by atoms with Crippen molar-refractivity contribution in [3.8, 4) is 11.4 Å². The van der Waals surface area contributed by atoms with Crippen LogP contribution in [0.5, 0.6) is 0 Å². The van der Waals surface area contributed by atoms with Crippen molar-refractivity contribution in [2.75, 3.05) is 5.32 Å². The molecule has 1 atom stereocenters. The average molecular weight is 410 g/mol. The summed E-state index contributed by atoms with van der Waals surface area (Å²) in [5.41, 5.74) is 1.47. The van der Waals surface area contributed by atoms with Crippen LogP contribution >= 0.6 is 11.3 Å². The summed E-state index contributed by atoms with van der Waals surface area (Å²) in [5, 5.41) is 14.9. The Kier molecular flexibility index (Phi) is 5.44. The predicted molar refractivity (Wildman–Crippen MR) is 113 cm³/mol. The molecule has 0 spiro atoms. The van der Waals surface area contributed by atoms with E-state index in [2.05, 4.69) is 25.8 Å². The van der Waals surface area contributed by atoms with Crippen molar-refractivity contribution in [3.63, 3.8) is 0 Å². The number of nitrogens with one attached hydrogen (secondary N) is 3. The van der Waals surface area contributed by atoms with E-state index < -0.39 is 6.04 Å². The molecule has 1 fully saturated rings. The van der Waals surface area contributed by atoms with Gasteiger partial charge in [-0.2, -0.15) is 5.10 Å². The summed E-state index contributed by atoms with van der Waals surface area (Å²) >= 11 is 1.35. The van der Waals surface area contributed by atoms with Crippen LogP contribution < -0.4 is 10.6 Å². The zero-order valence-electron chi connectivity index (χ0n) is 16.3. The van der Waals surface area contributed by atoms with Crippen molar-refractivity contribution in [1.29, 1.82) is 0 Å². The number of hydrogen-bond acceptors (Lipinski definition) is 5. The van der Waals surface area contributed by atoms with Gasteiger partial charge in [-0.25, -0.2) is 4.98 Å². The second-order valence-electron chi connectivity index (χ2n) is 7.56. The first-order valence-electron chi connectivity index (χ1n) is 9.69. The topological polar surface area (TPSA) is 99.8 Å². The van der Waals surface area contributed by atoms with Crippen molar-refractivity contribution in [1.82, 2.24) is 20.5 Å². The molecule has 0 radical (unpaired) electrons. The maximum atomic E-state index is 12.8. The maximum absolute atomic E-state index is 12.8. The molecule has 3 aromatic rings. The van der Waals surface area contributed by atoms with Gasteiger partial charge in [0.15, 0.2) is 5.82 Å². The molecule has 150 valence electrons. The SMILES string of the molecule is CC(C)C(NC(=O)c1cccs1)C(=O)Nc1cccc(-c2n[nH]c(C3CC3)n2)c1. The molecule has 1 aromatic carbocycles. The van der Waals surface area contributed by atoms with Crippen LogP contribution in [-0.2, 0) is 4.79 Å². The Balaban J connectivity index is 1.46. The molecule has 2 aromatic heterocycles. The van der Waals surface area contributed by atoms with E-state index in [-0.39, 0.29) is 17.7 Å². The molecule has 3 N–H and O–H groups in total. The smallest absolute Gasteiger partial charge is 0.262 e. The quantitative estimate of drug-likeness (QED) is 0.552. The van der Waals surface area contributed by atoms with E-state index in [9.17, 15) is 9.59 Å². The highest BCUT2D eigenvalue weighted by molar-refractivity contribution is 7.12. The maximum Gasteiger partial charge on any atom is 0.262 e. The lowest BCUT2D eigenvalue weighted by molar-refractivity contribution is -0.118. The Morgan fingerprint density at radius 3 is 2.72 bits per heavy atom. The molecule has 1 saturated carbocycles. The first-order valence-corrected chi connectivity index (χ1v) is 10.6. The fraction of sp³-hybridized carbons (Fsp3) is 0.333. The minimum absolute atomic E-state index is 0.0591. The van der Waals surface area contributed by atoms with Gasteiger partial charge in [0.1, 0.15) is 11.9 Å². The summed E-state index contributed by atoms with van der Waals surface area (Å²) in [6.07, 6.45) is 2.30. The predicted octanol–water partition coefficient (Wildman–Crippen LogP) is 3.80. The third-order valence-electron chi connectivity index (χ3n) is 4.84. The Morgan fingerprint density at radius 2 is 2.03 bits per heavy atom. The van der Waals surface area contributed by atoms with Gasteiger partial charge < -0.3 is 10.6 Å². The third-order valence-corrected chi connectivity index (χ3v) is 5.70. The summed E-state index contributed by atoms with van der Waals surface area (Å²) in [4.78, 5) is 30.4. The normalized spacial score (nSPS) is 14.6. The zero-order chi connectivity index (χ0) is 20.4. The minimum atomic E-state index is -0.641. The summed E-state index contributed by atoms with van der Waals surface area (Å²) in [6, 6.07) is 10.3. The van der Waals surface area contributed by atoms with Gasteiger partial charge in [-0.05, 0) is 42.3 Å². The molecule has 0 bridgehead atoms. The van der Waals surface area contributed by atoms with E-state index >= 15 is 0 Å². The number of rotatable bonds is 7. The van der Waals surface area contributed by atoms with Crippen molar-refractivity contribution >= 4 is 28.8 Å². The van der Waals surface area contributed by atoms with Crippen LogP contribution in [0.25, 0.3) is 11.4 Å². The lowest BCUT2D eigenvalue weighted by atomic mass is 10.0. The number of H-pyrrole nitrogens is 1. The number of hydrogen-bond donors (Lipinski definition) is 3. The summed E-state index contributed by atoms with van der Waals surface area (Å²) < 4.78 is 0. The highest BCUT2D eigenvalue weighted by Crippen LogP contribution is 2.38. The average Bonchev–Trinajstić information content (AvgIpc) is 3.20. The number of aromatic nitrogens is 3. The molecule has 2 heterocycles. The first-order chi connectivity index (χ1) is 14.0. The van der Waals surface area contributed by atoms with E-state index in [0.29, 0.717) is 22.3 Å². The largest absolute Gasteiger partial charge is 0.339 e. The fourth-order valence-corrected chi connectivity index (χ4v) is 3.68. The Morgan fingerprint density at radius 1 is 1.21 bits per heavy atom. The summed E-state index contributed by atoms with van der Waals surface area (Å²) in [6.45, 7) is 3.81. The number of anilines is 1. The molecule has 1 unspecified atom stereocenters. The van der Waals surface area contributed by atoms with Crippen molar-refractivity contribution in [2.24, 2.45) is 5.92 Å². The monoisotopic (exact) mass is 409 g/mol. The van der Waals surface area contributed by atoms with Crippen molar-refractivity contribution in [2.45, 2.75) is 38.6 Å². The molecule has 29 heavy (non-hydrogen) atoms. The lowest BCUT2D eigenvalue weighted by Crippen LogP contribution is -2.46. The fourth-order valence-electron chi connectivity index (χ4n) is 3.05. The number of thiophene rings is 1. The van der Waals surface area contributed by atoms with Crippen LogP contribution in [0.2, 0.25) is 0 Å². The van der Waals surface area contributed by atoms with Gasteiger partial charge in [0.05, 0.1) is 4.88 Å². The van der Waals surface area contributed by atoms with Crippen LogP contribution in [-0.4, -0.2) is 33.0 Å². The van der Waals surface area contributed by atoms with Gasteiger partial charge in [-0.3, -0.25) is 14.7 Å². The van der Waals surface area contributed by atoms with E-state index in [1.807, 2.05) is 49.6 Å². The van der Waals surface area contributed by atoms with Gasteiger partial charge in [-0.15, -0.1) is 11.3 Å². The molecule has 0 aliphatic heterocycles. The lowest BCUT2D eigenvalue weighted by Gasteiger charge is -2.21. The molecule has 2 amide bonds. The van der Waals surface area contributed by atoms with Crippen LogP contribution in [0.4, 0.5) is 5.69 Å². The summed E-state index contributed by atoms with van der Waals surface area (Å²) in [7, 11) is 0. The molecular formula is C21H23N5O2S. The number of carbonyl (C=O) groups is 2. The zero-order valence-corrected chi connectivity index (χ0v) is 17.1. The Bertz CT molecular complexity index is 1010. The molecule has 4 rings (SSSR count). The van der Waals surface area contributed by atoms with Gasteiger partial charge in [0.25, 0.3) is 5.91 Å². The Labute approximate surface area is 173 Å². The highest BCUT2D eigenvalue weighted by atomic mass is 32.1. The number of nitrogens with zero attached hydrogens (tertiary/aromatic N) is 2. The molecule has 7 nitrogen and oxygen atoms in total. The summed E-state index contributed by atoms with van der Waals surface area (Å²) in [5.74, 6) is 1.49. The molecule has 0 saturated heterocycles. The first kappa shape index (κ1) is 19.3. The second-order valence-corrected chi connectivity index (χ2v) is 8.51. The number of aromatic amines is 1. The second kappa shape index (κ2) is 8.16. The van der Waals surface area contributed by atoms with Crippen molar-refractivity contribution in [3.05, 3.63) is 52.5 Å². The molecular weight excluding hydrogens is 386 g/mol. The van der Waals surface area contributed by atoms with E-state index in [1.165, 1.54) is 11.3 Å². The third kappa shape index (κ3) is 4.54. The van der Waals surface area contributed by atoms with Crippen LogP contribution in [0, 0.1) is 5.92 Å².